The Kier molecular flexibility index (Phi) is 6.70. The lowest BCUT2D eigenvalue weighted by atomic mass is 10.0. The third kappa shape index (κ3) is 4.84. The molecule has 1 aliphatic carbocycles. The van der Waals surface area contributed by atoms with Crippen molar-refractivity contribution in [3.8, 4) is 17.2 Å². The quantitative estimate of drug-likeness (QED) is 0.273. The Morgan fingerprint density at radius 1 is 1.10 bits per heavy atom. The van der Waals surface area contributed by atoms with E-state index in [1.165, 1.54) is 12.3 Å². The van der Waals surface area contributed by atoms with Crippen molar-refractivity contribution in [1.29, 1.82) is 0 Å². The van der Waals surface area contributed by atoms with E-state index in [9.17, 15) is 9.18 Å². The Morgan fingerprint density at radius 3 is 2.67 bits per heavy atom. The lowest BCUT2D eigenvalue weighted by Crippen LogP contribution is -2.36. The number of aryl methyl sites for hydroxylation is 1. The Balaban J connectivity index is 1.23. The topological polar surface area (TPSA) is 82.6 Å². The fraction of sp³-hybridized carbons (Fsp3) is 0.200. The van der Waals surface area contributed by atoms with E-state index in [1.54, 1.807) is 41.1 Å². The number of morpholine rings is 1. The van der Waals surface area contributed by atoms with Crippen LogP contribution in [0.1, 0.15) is 27.0 Å². The minimum atomic E-state index is -0.438. The van der Waals surface area contributed by atoms with E-state index in [0.717, 1.165) is 39.9 Å². The zero-order valence-electron chi connectivity index (χ0n) is 21.3. The van der Waals surface area contributed by atoms with Crippen LogP contribution in [-0.2, 0) is 11.2 Å². The molecule has 3 aromatic carbocycles. The molecule has 1 fully saturated rings. The first kappa shape index (κ1) is 25.3. The average Bonchev–Trinajstić information content (AvgIpc) is 3.53. The molecule has 0 saturated carbocycles. The predicted octanol–water partition coefficient (Wildman–Crippen LogP) is 6.12. The molecule has 198 valence electrons. The van der Waals surface area contributed by atoms with Gasteiger partial charge in [0.05, 0.1) is 36.3 Å². The Hall–Kier alpha value is -3.95. The van der Waals surface area contributed by atoms with E-state index in [-0.39, 0.29) is 17.4 Å². The molecule has 1 aliphatic heterocycles. The number of benzene rings is 3. The predicted molar refractivity (Wildman–Crippen MR) is 152 cm³/mol. The molecule has 0 radical (unpaired) electrons. The normalized spacial score (nSPS) is 14.7. The van der Waals surface area contributed by atoms with Crippen LogP contribution in [0.15, 0.2) is 70.8 Å². The van der Waals surface area contributed by atoms with Crippen molar-refractivity contribution in [2.75, 3.05) is 36.9 Å². The summed E-state index contributed by atoms with van der Waals surface area (Å²) in [4.78, 5) is 15.8. The summed E-state index contributed by atoms with van der Waals surface area (Å²) in [6.45, 7) is 4.95. The molecular formula is C30H26BrFN4O3. The molecule has 1 aromatic heterocycles. The monoisotopic (exact) mass is 588 g/mol. The van der Waals surface area contributed by atoms with Gasteiger partial charge in [0.15, 0.2) is 17.3 Å². The van der Waals surface area contributed by atoms with Crippen molar-refractivity contribution in [3.63, 3.8) is 0 Å². The van der Waals surface area contributed by atoms with Crippen LogP contribution in [0.5, 0.6) is 11.5 Å². The number of para-hydroxylation sites is 1. The molecule has 7 nitrogen and oxygen atoms in total. The molecular weight excluding hydrogens is 563 g/mol. The maximum atomic E-state index is 14.0. The number of nitrogen functional groups attached to an aromatic ring is 1. The second kappa shape index (κ2) is 10.3. The molecule has 1 saturated heterocycles. The number of hydrogen-bond donors (Lipinski definition) is 1. The SMILES string of the molecule is Cc1cc(Oc2ccccc2F)ccc1-n1ncc(C(=O)C2=Cc3cc(N4CCOCC4)c(Br)cc3C2)c1N. The molecule has 0 amide bonds. The zero-order valence-corrected chi connectivity index (χ0v) is 22.9. The number of carbonyl (C=O) groups is 1. The largest absolute Gasteiger partial charge is 0.454 e. The van der Waals surface area contributed by atoms with E-state index >= 15 is 0 Å². The van der Waals surface area contributed by atoms with Crippen molar-refractivity contribution < 1.29 is 18.7 Å². The van der Waals surface area contributed by atoms with Crippen LogP contribution in [0.2, 0.25) is 0 Å². The number of hydrogen-bond acceptors (Lipinski definition) is 6. The Labute approximate surface area is 233 Å². The number of ether oxygens (including phenoxy) is 2. The van der Waals surface area contributed by atoms with Gasteiger partial charge >= 0.3 is 0 Å². The molecule has 0 bridgehead atoms. The number of nitrogens with two attached hydrogens (primary N) is 1. The highest BCUT2D eigenvalue weighted by Crippen LogP contribution is 2.37. The molecule has 39 heavy (non-hydrogen) atoms. The number of Topliss-reactive ketones (excluding diaryl/α,β-unsaturated/α-hetero) is 1. The third-order valence-corrected chi connectivity index (χ3v) is 7.71. The van der Waals surface area contributed by atoms with Crippen molar-refractivity contribution in [2.45, 2.75) is 13.3 Å². The van der Waals surface area contributed by atoms with Crippen LogP contribution in [0, 0.1) is 12.7 Å². The highest BCUT2D eigenvalue weighted by Gasteiger charge is 2.26. The number of aromatic nitrogens is 2. The summed E-state index contributed by atoms with van der Waals surface area (Å²) < 4.78 is 27.7. The van der Waals surface area contributed by atoms with Gasteiger partial charge in [-0.3, -0.25) is 4.79 Å². The summed E-state index contributed by atoms with van der Waals surface area (Å²) in [6.07, 6.45) is 3.99. The van der Waals surface area contributed by atoms with Crippen molar-refractivity contribution in [1.82, 2.24) is 9.78 Å². The summed E-state index contributed by atoms with van der Waals surface area (Å²) >= 11 is 3.71. The summed E-state index contributed by atoms with van der Waals surface area (Å²) in [5.41, 5.74) is 12.2. The van der Waals surface area contributed by atoms with Gasteiger partial charge in [-0.05, 0) is 88.1 Å². The van der Waals surface area contributed by atoms with Crippen LogP contribution in [-0.4, -0.2) is 41.9 Å². The number of halogens is 2. The van der Waals surface area contributed by atoms with E-state index in [2.05, 4.69) is 38.1 Å². The Morgan fingerprint density at radius 2 is 1.90 bits per heavy atom. The molecule has 2 aliphatic rings. The maximum absolute atomic E-state index is 14.0. The number of nitrogens with zero attached hydrogens (tertiary/aromatic N) is 3. The fourth-order valence-corrected chi connectivity index (χ4v) is 5.67. The standard InChI is InChI=1S/C30H26BrFN4O3/c1-18-12-22(39-28-5-3-2-4-25(28)32)6-7-26(18)36-30(33)23(17-34-36)29(37)21-13-19-15-24(31)27(16-20(19)14-21)35-8-10-38-11-9-35/h2-7,12,14-17H,8-11,13,33H2,1H3. The smallest absolute Gasteiger partial charge is 0.194 e. The minimum absolute atomic E-state index is 0.142. The van der Waals surface area contributed by atoms with Gasteiger partial charge in [0, 0.05) is 29.6 Å². The first-order chi connectivity index (χ1) is 18.9. The number of anilines is 2. The summed E-state index contributed by atoms with van der Waals surface area (Å²) in [5.74, 6) is 0.312. The van der Waals surface area contributed by atoms with Crippen molar-refractivity contribution >= 4 is 39.3 Å². The second-order valence-corrected chi connectivity index (χ2v) is 10.5. The van der Waals surface area contributed by atoms with Gasteiger partial charge in [-0.1, -0.05) is 12.1 Å². The molecule has 2 heterocycles. The van der Waals surface area contributed by atoms with Crippen LogP contribution in [0.25, 0.3) is 11.8 Å². The van der Waals surface area contributed by atoms with E-state index < -0.39 is 5.82 Å². The highest BCUT2D eigenvalue weighted by molar-refractivity contribution is 9.10. The summed E-state index contributed by atoms with van der Waals surface area (Å²) in [5, 5.41) is 4.42. The fourth-order valence-electron chi connectivity index (χ4n) is 5.02. The Bertz CT molecular complexity index is 1620. The first-order valence-corrected chi connectivity index (χ1v) is 13.5. The van der Waals surface area contributed by atoms with Crippen LogP contribution < -0.4 is 15.4 Å². The average molecular weight is 589 g/mol. The second-order valence-electron chi connectivity index (χ2n) is 9.61. The van der Waals surface area contributed by atoms with Gasteiger partial charge in [-0.25, -0.2) is 9.07 Å². The third-order valence-electron chi connectivity index (χ3n) is 7.07. The number of ketones is 1. The van der Waals surface area contributed by atoms with Gasteiger partial charge < -0.3 is 20.1 Å². The summed E-state index contributed by atoms with van der Waals surface area (Å²) in [6, 6.07) is 15.8. The van der Waals surface area contributed by atoms with E-state index in [0.29, 0.717) is 42.2 Å². The van der Waals surface area contributed by atoms with Crippen molar-refractivity contribution in [2.24, 2.45) is 0 Å². The van der Waals surface area contributed by atoms with Gasteiger partial charge in [0.25, 0.3) is 0 Å². The minimum Gasteiger partial charge on any atom is -0.454 e. The molecule has 9 heteroatoms. The maximum Gasteiger partial charge on any atom is 0.194 e. The molecule has 0 unspecified atom stereocenters. The van der Waals surface area contributed by atoms with Crippen LogP contribution in [0.4, 0.5) is 15.9 Å². The number of allylic oxidation sites excluding steroid dienone is 1. The molecule has 0 atom stereocenters. The molecule has 6 rings (SSSR count). The number of carbonyl (C=O) groups excluding carboxylic acids is 1. The number of fused-ring (bicyclic) bond motifs is 1. The number of rotatable bonds is 6. The highest BCUT2D eigenvalue weighted by atomic mass is 79.9. The van der Waals surface area contributed by atoms with Crippen LogP contribution in [0.3, 0.4) is 0 Å². The van der Waals surface area contributed by atoms with Gasteiger partial charge in [-0.2, -0.15) is 5.10 Å². The van der Waals surface area contributed by atoms with Crippen molar-refractivity contribution in [3.05, 3.63) is 98.9 Å². The lowest BCUT2D eigenvalue weighted by Gasteiger charge is -2.30. The zero-order chi connectivity index (χ0) is 27.1. The first-order valence-electron chi connectivity index (χ1n) is 12.7. The van der Waals surface area contributed by atoms with E-state index in [4.69, 9.17) is 15.2 Å². The van der Waals surface area contributed by atoms with E-state index in [1.807, 2.05) is 13.0 Å². The van der Waals surface area contributed by atoms with Gasteiger partial charge in [0.2, 0.25) is 0 Å². The molecule has 0 spiro atoms. The van der Waals surface area contributed by atoms with Gasteiger partial charge in [0.1, 0.15) is 11.6 Å². The molecule has 2 N–H and O–H groups in total. The molecule has 4 aromatic rings. The summed E-state index contributed by atoms with van der Waals surface area (Å²) in [7, 11) is 0. The lowest BCUT2D eigenvalue weighted by molar-refractivity contribution is 0.103. The van der Waals surface area contributed by atoms with Crippen LogP contribution >= 0.6 is 15.9 Å². The van der Waals surface area contributed by atoms with Gasteiger partial charge in [-0.15, -0.1) is 0 Å².